The van der Waals surface area contributed by atoms with Crippen LogP contribution in [-0.4, -0.2) is 33.7 Å². The topological polar surface area (TPSA) is 49.0 Å². The van der Waals surface area contributed by atoms with Crippen molar-refractivity contribution in [1.82, 2.24) is 14.9 Å². The molecule has 0 bridgehead atoms. The summed E-state index contributed by atoms with van der Waals surface area (Å²) in [6.45, 7) is 4.15. The van der Waals surface area contributed by atoms with Crippen LogP contribution in [0.25, 0.3) is 0 Å². The van der Waals surface area contributed by atoms with E-state index in [1.165, 1.54) is 0 Å². The van der Waals surface area contributed by atoms with E-state index < -0.39 is 5.41 Å². The molecule has 0 atom stereocenters. The first kappa shape index (κ1) is 12.0. The van der Waals surface area contributed by atoms with Crippen LogP contribution in [0.4, 0.5) is 0 Å². The number of nitrogens with zero attached hydrogens (tertiary/aromatic N) is 2. The minimum atomic E-state index is -0.525. The molecular formula is C10H16ClN3O. The maximum absolute atomic E-state index is 11.9. The molecule has 5 heteroatoms. The number of nitrogens with one attached hydrogen (secondary N) is 1. The molecule has 0 aliphatic rings. The molecular weight excluding hydrogens is 214 g/mol. The van der Waals surface area contributed by atoms with E-state index in [0.29, 0.717) is 12.4 Å². The van der Waals surface area contributed by atoms with Crippen LogP contribution in [0.5, 0.6) is 0 Å². The predicted octanol–water partition coefficient (Wildman–Crippen LogP) is 1.63. The maximum Gasteiger partial charge on any atom is 0.229 e. The Morgan fingerprint density at radius 3 is 2.80 bits per heavy atom. The average molecular weight is 230 g/mol. The first-order valence-electron chi connectivity index (χ1n) is 4.77. The molecule has 1 aromatic rings. The molecule has 0 saturated carbocycles. The highest BCUT2D eigenvalue weighted by Gasteiger charge is 2.29. The van der Waals surface area contributed by atoms with Gasteiger partial charge in [0.2, 0.25) is 5.91 Å². The summed E-state index contributed by atoms with van der Waals surface area (Å²) in [5.74, 6) is 1.11. The standard InChI is InChI=1S/C10H16ClN3O/c1-10(2,7-11)9(15)14(3)6-8-12-4-5-13-8/h4-5H,6-7H2,1-3H3,(H,12,13). The lowest BCUT2D eigenvalue weighted by molar-refractivity contribution is -0.138. The number of halogens is 1. The molecule has 4 nitrogen and oxygen atoms in total. The Kier molecular flexibility index (Phi) is 3.74. The Morgan fingerprint density at radius 2 is 2.33 bits per heavy atom. The summed E-state index contributed by atoms with van der Waals surface area (Å²) in [6, 6.07) is 0. The van der Waals surface area contributed by atoms with Gasteiger partial charge < -0.3 is 9.88 Å². The van der Waals surface area contributed by atoms with Gasteiger partial charge in [0.15, 0.2) is 0 Å². The highest BCUT2D eigenvalue weighted by molar-refractivity contribution is 6.19. The van der Waals surface area contributed by atoms with Crippen LogP contribution in [0, 0.1) is 5.41 Å². The normalized spacial score (nSPS) is 11.5. The molecule has 0 radical (unpaired) electrons. The number of aromatic amines is 1. The fourth-order valence-corrected chi connectivity index (χ4v) is 1.37. The lowest BCUT2D eigenvalue weighted by Crippen LogP contribution is -2.39. The van der Waals surface area contributed by atoms with Crippen LogP contribution in [0.1, 0.15) is 19.7 Å². The summed E-state index contributed by atoms with van der Waals surface area (Å²) in [4.78, 5) is 20.6. The number of hydrogen-bond acceptors (Lipinski definition) is 2. The monoisotopic (exact) mass is 229 g/mol. The molecule has 0 saturated heterocycles. The van der Waals surface area contributed by atoms with Crippen molar-refractivity contribution in [2.75, 3.05) is 12.9 Å². The number of H-pyrrole nitrogens is 1. The van der Waals surface area contributed by atoms with Crippen molar-refractivity contribution in [3.63, 3.8) is 0 Å². The second-order valence-corrected chi connectivity index (χ2v) is 4.48. The maximum atomic E-state index is 11.9. The predicted molar refractivity (Wildman–Crippen MR) is 59.6 cm³/mol. The van der Waals surface area contributed by atoms with Crippen LogP contribution in [-0.2, 0) is 11.3 Å². The number of amides is 1. The molecule has 0 aromatic carbocycles. The van der Waals surface area contributed by atoms with E-state index in [1.54, 1.807) is 24.3 Å². The lowest BCUT2D eigenvalue weighted by atomic mass is 9.94. The van der Waals surface area contributed by atoms with Crippen LogP contribution in [0.2, 0.25) is 0 Å². The lowest BCUT2D eigenvalue weighted by Gasteiger charge is -2.26. The van der Waals surface area contributed by atoms with Gasteiger partial charge in [-0.2, -0.15) is 0 Å². The molecule has 84 valence electrons. The zero-order valence-corrected chi connectivity index (χ0v) is 10.0. The minimum absolute atomic E-state index is 0.0221. The summed E-state index contributed by atoms with van der Waals surface area (Å²) >= 11 is 5.74. The van der Waals surface area contributed by atoms with Gasteiger partial charge in [0.1, 0.15) is 5.82 Å². The number of aromatic nitrogens is 2. The van der Waals surface area contributed by atoms with Gasteiger partial charge in [-0.25, -0.2) is 4.98 Å². The van der Waals surface area contributed by atoms with Gasteiger partial charge in [-0.1, -0.05) is 0 Å². The molecule has 1 aromatic heterocycles. The van der Waals surface area contributed by atoms with E-state index in [-0.39, 0.29) is 5.91 Å². The molecule has 0 spiro atoms. The highest BCUT2D eigenvalue weighted by Crippen LogP contribution is 2.20. The molecule has 0 fully saturated rings. The fourth-order valence-electron chi connectivity index (χ4n) is 1.25. The Morgan fingerprint density at radius 1 is 1.67 bits per heavy atom. The number of alkyl halides is 1. The van der Waals surface area contributed by atoms with Crippen molar-refractivity contribution in [2.24, 2.45) is 5.41 Å². The van der Waals surface area contributed by atoms with Crippen molar-refractivity contribution in [3.05, 3.63) is 18.2 Å². The van der Waals surface area contributed by atoms with Gasteiger partial charge in [0.05, 0.1) is 12.0 Å². The van der Waals surface area contributed by atoms with E-state index in [4.69, 9.17) is 11.6 Å². The largest absolute Gasteiger partial charge is 0.347 e. The number of carbonyl (C=O) groups excluding carboxylic acids is 1. The summed E-state index contributed by atoms with van der Waals surface area (Å²) in [7, 11) is 1.75. The van der Waals surface area contributed by atoms with Gasteiger partial charge in [-0.05, 0) is 13.8 Å². The Labute approximate surface area is 94.6 Å². The first-order valence-corrected chi connectivity index (χ1v) is 5.30. The summed E-state index contributed by atoms with van der Waals surface area (Å²) < 4.78 is 0. The van der Waals surface area contributed by atoms with Gasteiger partial charge >= 0.3 is 0 Å². The molecule has 0 aliphatic heterocycles. The summed E-state index contributed by atoms with van der Waals surface area (Å²) in [5.41, 5.74) is -0.525. The third kappa shape index (κ3) is 2.96. The quantitative estimate of drug-likeness (QED) is 0.798. The van der Waals surface area contributed by atoms with Crippen molar-refractivity contribution in [1.29, 1.82) is 0 Å². The van der Waals surface area contributed by atoms with Crippen LogP contribution < -0.4 is 0 Å². The molecule has 1 rings (SSSR count). The number of hydrogen-bond donors (Lipinski definition) is 1. The van der Waals surface area contributed by atoms with Crippen molar-refractivity contribution >= 4 is 17.5 Å². The molecule has 0 aliphatic carbocycles. The van der Waals surface area contributed by atoms with Crippen molar-refractivity contribution in [2.45, 2.75) is 20.4 Å². The number of carbonyl (C=O) groups is 1. The van der Waals surface area contributed by atoms with E-state index in [1.807, 2.05) is 13.8 Å². The molecule has 15 heavy (non-hydrogen) atoms. The van der Waals surface area contributed by atoms with Crippen molar-refractivity contribution in [3.8, 4) is 0 Å². The van der Waals surface area contributed by atoms with E-state index >= 15 is 0 Å². The highest BCUT2D eigenvalue weighted by atomic mass is 35.5. The van der Waals surface area contributed by atoms with E-state index in [0.717, 1.165) is 5.82 Å². The van der Waals surface area contributed by atoms with E-state index in [2.05, 4.69) is 9.97 Å². The second kappa shape index (κ2) is 4.66. The van der Waals surface area contributed by atoms with Gasteiger partial charge in [-0.3, -0.25) is 4.79 Å². The third-order valence-corrected chi connectivity index (χ3v) is 2.87. The van der Waals surface area contributed by atoms with Gasteiger partial charge in [0, 0.05) is 25.3 Å². The second-order valence-electron chi connectivity index (χ2n) is 4.21. The zero-order valence-electron chi connectivity index (χ0n) is 9.25. The van der Waals surface area contributed by atoms with E-state index in [9.17, 15) is 4.79 Å². The SMILES string of the molecule is CN(Cc1ncc[nH]1)C(=O)C(C)(C)CCl. The minimum Gasteiger partial charge on any atom is -0.347 e. The first-order chi connectivity index (χ1) is 6.97. The summed E-state index contributed by atoms with van der Waals surface area (Å²) in [6.07, 6.45) is 3.40. The number of imidazole rings is 1. The Bertz CT molecular complexity index is 321. The Balaban J connectivity index is 2.61. The van der Waals surface area contributed by atoms with Crippen LogP contribution in [0.15, 0.2) is 12.4 Å². The van der Waals surface area contributed by atoms with Crippen LogP contribution >= 0.6 is 11.6 Å². The molecule has 1 amide bonds. The molecule has 1 heterocycles. The summed E-state index contributed by atoms with van der Waals surface area (Å²) in [5, 5.41) is 0. The Hall–Kier alpha value is -1.03. The average Bonchev–Trinajstić information content (AvgIpc) is 2.69. The molecule has 1 N–H and O–H groups in total. The van der Waals surface area contributed by atoms with Crippen molar-refractivity contribution < 1.29 is 4.79 Å². The smallest absolute Gasteiger partial charge is 0.229 e. The third-order valence-electron chi connectivity index (χ3n) is 2.20. The van der Waals surface area contributed by atoms with Gasteiger partial charge in [-0.15, -0.1) is 11.6 Å². The van der Waals surface area contributed by atoms with Crippen LogP contribution in [0.3, 0.4) is 0 Å². The number of rotatable bonds is 4. The zero-order chi connectivity index (χ0) is 11.5. The molecule has 0 unspecified atom stereocenters. The fraction of sp³-hybridized carbons (Fsp3) is 0.600. The van der Waals surface area contributed by atoms with Gasteiger partial charge in [0.25, 0.3) is 0 Å².